The van der Waals surface area contributed by atoms with Crippen molar-refractivity contribution in [1.29, 1.82) is 0 Å². The third kappa shape index (κ3) is 4.20. The maximum atomic E-state index is 13.2. The molecule has 0 saturated carbocycles. The second-order valence-electron chi connectivity index (χ2n) is 6.07. The normalized spacial score (nSPS) is 11.8. The molecule has 0 bridgehead atoms. The van der Waals surface area contributed by atoms with Gasteiger partial charge in [-0.25, -0.2) is 0 Å². The van der Waals surface area contributed by atoms with E-state index in [0.717, 1.165) is 17.0 Å². The Hall–Kier alpha value is -2.80. The molecule has 0 N–H and O–H groups in total. The summed E-state index contributed by atoms with van der Waals surface area (Å²) in [7, 11) is 1.63. The van der Waals surface area contributed by atoms with E-state index in [4.69, 9.17) is 4.74 Å². The van der Waals surface area contributed by atoms with Crippen molar-refractivity contribution < 1.29 is 9.53 Å². The number of methoxy groups -OCH3 is 1. The molecule has 3 rings (SSSR count). The third-order valence-electron chi connectivity index (χ3n) is 4.49. The molecule has 0 spiro atoms. The molecule has 7 heteroatoms. The smallest absolute Gasteiger partial charge is 0.240 e. The van der Waals surface area contributed by atoms with Crippen LogP contribution in [0.5, 0.6) is 5.75 Å². The second-order valence-corrected chi connectivity index (χ2v) is 7.15. The largest absolute Gasteiger partial charge is 0.495 e. The zero-order valence-electron chi connectivity index (χ0n) is 16.3. The molecule has 1 amide bonds. The monoisotopic (exact) mass is 396 g/mol. The molecule has 28 heavy (non-hydrogen) atoms. The van der Waals surface area contributed by atoms with E-state index in [1.807, 2.05) is 77.9 Å². The molecule has 6 nitrogen and oxygen atoms in total. The zero-order valence-corrected chi connectivity index (χ0v) is 17.1. The Morgan fingerprint density at radius 2 is 1.79 bits per heavy atom. The number of thioether (sulfide) groups is 1. The van der Waals surface area contributed by atoms with Gasteiger partial charge in [0.05, 0.1) is 12.8 Å². The van der Waals surface area contributed by atoms with Crippen molar-refractivity contribution >= 4 is 17.7 Å². The molecule has 0 aliphatic rings. The summed E-state index contributed by atoms with van der Waals surface area (Å²) in [6, 6.07) is 17.5. The highest BCUT2D eigenvalue weighted by Gasteiger charge is 2.28. The molecular weight excluding hydrogens is 372 g/mol. The van der Waals surface area contributed by atoms with E-state index in [-0.39, 0.29) is 5.91 Å². The quantitative estimate of drug-likeness (QED) is 0.539. The average molecular weight is 397 g/mol. The van der Waals surface area contributed by atoms with Crippen molar-refractivity contribution in [3.05, 3.63) is 66.5 Å². The van der Waals surface area contributed by atoms with E-state index in [0.29, 0.717) is 18.2 Å². The summed E-state index contributed by atoms with van der Waals surface area (Å²) >= 11 is 1.40. The van der Waals surface area contributed by atoms with Crippen molar-refractivity contribution in [1.82, 2.24) is 19.7 Å². The number of nitrogens with zero attached hydrogens (tertiary/aromatic N) is 4. The number of aromatic nitrogens is 3. The van der Waals surface area contributed by atoms with Crippen LogP contribution in [0.3, 0.4) is 0 Å². The molecule has 0 radical (unpaired) electrons. The Morgan fingerprint density at radius 1 is 1.11 bits per heavy atom. The molecule has 1 aromatic heterocycles. The SMILES string of the molecule is CCN(CC)C(=O)C(Sc1nncn1-c1ccccc1OC)c1ccccc1. The number of benzene rings is 2. The summed E-state index contributed by atoms with van der Waals surface area (Å²) in [5, 5.41) is 8.59. The molecule has 1 atom stereocenters. The summed E-state index contributed by atoms with van der Waals surface area (Å²) in [6.45, 7) is 5.31. The van der Waals surface area contributed by atoms with Gasteiger partial charge in [-0.2, -0.15) is 0 Å². The van der Waals surface area contributed by atoms with E-state index >= 15 is 0 Å². The van der Waals surface area contributed by atoms with Crippen LogP contribution in [-0.4, -0.2) is 45.8 Å². The lowest BCUT2D eigenvalue weighted by Gasteiger charge is -2.25. The van der Waals surface area contributed by atoms with Crippen molar-refractivity contribution in [2.45, 2.75) is 24.3 Å². The first-order valence-corrected chi connectivity index (χ1v) is 10.1. The van der Waals surface area contributed by atoms with Crippen LogP contribution in [0.15, 0.2) is 66.1 Å². The summed E-state index contributed by atoms with van der Waals surface area (Å²) in [5.74, 6) is 0.784. The van der Waals surface area contributed by atoms with E-state index in [1.54, 1.807) is 13.4 Å². The van der Waals surface area contributed by atoms with Crippen LogP contribution in [0.4, 0.5) is 0 Å². The third-order valence-corrected chi connectivity index (χ3v) is 5.68. The Morgan fingerprint density at radius 3 is 2.46 bits per heavy atom. The van der Waals surface area contributed by atoms with Gasteiger partial charge in [0.2, 0.25) is 5.91 Å². The standard InChI is InChI=1S/C21H24N4O2S/c1-4-24(5-2)20(26)19(16-11-7-6-8-12-16)28-21-23-22-15-25(21)17-13-9-10-14-18(17)27-3/h6-15,19H,4-5H2,1-3H3. The second kappa shape index (κ2) is 9.41. The summed E-state index contributed by atoms with van der Waals surface area (Å²) in [4.78, 5) is 15.1. The van der Waals surface area contributed by atoms with E-state index in [1.165, 1.54) is 11.8 Å². The maximum Gasteiger partial charge on any atom is 0.240 e. The van der Waals surface area contributed by atoms with Gasteiger partial charge in [-0.05, 0) is 31.5 Å². The molecular formula is C21H24N4O2S. The Bertz CT molecular complexity index is 910. The molecule has 1 unspecified atom stereocenters. The Labute approximate surface area is 169 Å². The number of likely N-dealkylation sites (N-methyl/N-ethyl adjacent to an activating group) is 1. The van der Waals surface area contributed by atoms with Gasteiger partial charge >= 0.3 is 0 Å². The summed E-state index contributed by atoms with van der Waals surface area (Å²) in [6.07, 6.45) is 1.64. The predicted molar refractivity (Wildman–Crippen MR) is 111 cm³/mol. The molecule has 3 aromatic rings. The van der Waals surface area contributed by atoms with Crippen LogP contribution >= 0.6 is 11.8 Å². The van der Waals surface area contributed by atoms with E-state index < -0.39 is 5.25 Å². The lowest BCUT2D eigenvalue weighted by atomic mass is 10.1. The van der Waals surface area contributed by atoms with Crippen molar-refractivity contribution in [3.63, 3.8) is 0 Å². The van der Waals surface area contributed by atoms with Crippen LogP contribution in [0.1, 0.15) is 24.7 Å². The highest BCUT2D eigenvalue weighted by molar-refractivity contribution is 8.00. The number of rotatable bonds is 8. The van der Waals surface area contributed by atoms with Gasteiger partial charge in [-0.15, -0.1) is 10.2 Å². The average Bonchev–Trinajstić information content (AvgIpc) is 3.21. The van der Waals surface area contributed by atoms with E-state index in [2.05, 4.69) is 10.2 Å². The molecule has 0 fully saturated rings. The van der Waals surface area contributed by atoms with Gasteiger partial charge < -0.3 is 9.64 Å². The number of hydrogen-bond donors (Lipinski definition) is 0. The van der Waals surface area contributed by atoms with E-state index in [9.17, 15) is 4.79 Å². The first kappa shape index (κ1) is 19.9. The summed E-state index contributed by atoms with van der Waals surface area (Å²) in [5.41, 5.74) is 1.78. The van der Waals surface area contributed by atoms with Gasteiger partial charge in [-0.1, -0.05) is 54.2 Å². The van der Waals surface area contributed by atoms with Crippen molar-refractivity contribution in [3.8, 4) is 11.4 Å². The lowest BCUT2D eigenvalue weighted by Crippen LogP contribution is -2.34. The number of para-hydroxylation sites is 2. The highest BCUT2D eigenvalue weighted by atomic mass is 32.2. The van der Waals surface area contributed by atoms with Gasteiger partial charge in [0.25, 0.3) is 0 Å². The predicted octanol–water partition coefficient (Wildman–Crippen LogP) is 3.98. The van der Waals surface area contributed by atoms with Crippen LogP contribution in [-0.2, 0) is 4.79 Å². The van der Waals surface area contributed by atoms with Gasteiger partial charge in [0.15, 0.2) is 5.16 Å². The maximum absolute atomic E-state index is 13.2. The molecule has 2 aromatic carbocycles. The Balaban J connectivity index is 1.99. The fourth-order valence-corrected chi connectivity index (χ4v) is 4.10. The number of carbonyl (C=O) groups excluding carboxylic acids is 1. The van der Waals surface area contributed by atoms with Crippen LogP contribution < -0.4 is 4.74 Å². The van der Waals surface area contributed by atoms with Gasteiger partial charge in [-0.3, -0.25) is 9.36 Å². The molecule has 0 saturated heterocycles. The number of amides is 1. The van der Waals surface area contributed by atoms with Crippen LogP contribution in [0.25, 0.3) is 5.69 Å². The van der Waals surface area contributed by atoms with Crippen molar-refractivity contribution in [2.75, 3.05) is 20.2 Å². The minimum Gasteiger partial charge on any atom is -0.495 e. The molecule has 0 aliphatic heterocycles. The van der Waals surface area contributed by atoms with Gasteiger partial charge in [0, 0.05) is 13.1 Å². The molecule has 146 valence electrons. The fraction of sp³-hybridized carbons (Fsp3) is 0.286. The number of hydrogen-bond acceptors (Lipinski definition) is 5. The zero-order chi connectivity index (χ0) is 19.9. The highest BCUT2D eigenvalue weighted by Crippen LogP contribution is 2.37. The summed E-state index contributed by atoms with van der Waals surface area (Å²) < 4.78 is 7.33. The first-order chi connectivity index (χ1) is 13.7. The molecule has 1 heterocycles. The Kier molecular flexibility index (Phi) is 6.71. The van der Waals surface area contributed by atoms with Gasteiger partial charge in [0.1, 0.15) is 17.3 Å². The minimum atomic E-state index is -0.404. The molecule has 0 aliphatic carbocycles. The minimum absolute atomic E-state index is 0.0655. The number of carbonyl (C=O) groups is 1. The van der Waals surface area contributed by atoms with Crippen LogP contribution in [0, 0.1) is 0 Å². The number of ether oxygens (including phenoxy) is 1. The first-order valence-electron chi connectivity index (χ1n) is 9.23. The topological polar surface area (TPSA) is 60.2 Å². The fourth-order valence-electron chi connectivity index (χ4n) is 2.99. The van der Waals surface area contributed by atoms with Crippen LogP contribution in [0.2, 0.25) is 0 Å². The lowest BCUT2D eigenvalue weighted by molar-refractivity contribution is -0.130. The van der Waals surface area contributed by atoms with Crippen molar-refractivity contribution in [2.24, 2.45) is 0 Å².